The minimum atomic E-state index is -0.110. The highest BCUT2D eigenvalue weighted by Gasteiger charge is 2.30. The highest BCUT2D eigenvalue weighted by atomic mass is 16.1. The first-order chi connectivity index (χ1) is 19.6. The highest BCUT2D eigenvalue weighted by Crippen LogP contribution is 2.37. The van der Waals surface area contributed by atoms with E-state index in [1.807, 2.05) is 12.1 Å². The number of rotatable bonds is 7. The molecule has 1 saturated carbocycles. The fourth-order valence-electron chi connectivity index (χ4n) is 7.23. The van der Waals surface area contributed by atoms with E-state index in [1.54, 1.807) is 12.4 Å². The number of benzene rings is 1. The molecule has 40 heavy (non-hydrogen) atoms. The van der Waals surface area contributed by atoms with Crippen LogP contribution in [0.3, 0.4) is 0 Å². The monoisotopic (exact) mass is 534 g/mol. The van der Waals surface area contributed by atoms with E-state index in [-0.39, 0.29) is 11.8 Å². The summed E-state index contributed by atoms with van der Waals surface area (Å²) in [4.78, 5) is 22.8. The molecule has 1 fully saturated rings. The van der Waals surface area contributed by atoms with Gasteiger partial charge in [-0.3, -0.25) is 9.78 Å². The van der Waals surface area contributed by atoms with Crippen LogP contribution in [-0.2, 0) is 30.7 Å². The van der Waals surface area contributed by atoms with Crippen LogP contribution in [0.1, 0.15) is 96.5 Å². The summed E-state index contributed by atoms with van der Waals surface area (Å²) in [6.45, 7) is 5.70. The molecule has 0 aliphatic heterocycles. The van der Waals surface area contributed by atoms with Gasteiger partial charge in [0, 0.05) is 42.3 Å². The Kier molecular flexibility index (Phi) is 7.99. The first-order valence-electron chi connectivity index (χ1n) is 15.3. The summed E-state index contributed by atoms with van der Waals surface area (Å²) in [6, 6.07) is 15.1. The Morgan fingerprint density at radius 3 is 2.40 bits per heavy atom. The van der Waals surface area contributed by atoms with Gasteiger partial charge in [0.2, 0.25) is 5.91 Å². The van der Waals surface area contributed by atoms with Crippen molar-refractivity contribution < 1.29 is 4.79 Å². The Morgan fingerprint density at radius 1 is 0.925 bits per heavy atom. The Morgan fingerprint density at radius 2 is 1.65 bits per heavy atom. The summed E-state index contributed by atoms with van der Waals surface area (Å²) in [5.41, 5.74) is 10.1. The third-order valence-electron chi connectivity index (χ3n) is 9.20. The van der Waals surface area contributed by atoms with Crippen molar-refractivity contribution in [1.82, 2.24) is 19.9 Å². The molecule has 3 aromatic heterocycles. The van der Waals surface area contributed by atoms with Crippen molar-refractivity contribution in [2.75, 3.05) is 0 Å². The summed E-state index contributed by atoms with van der Waals surface area (Å²) in [7, 11) is 0. The molecule has 3 heterocycles. The van der Waals surface area contributed by atoms with Crippen molar-refractivity contribution in [3.05, 3.63) is 94.1 Å². The molecule has 2 aliphatic rings. The molecule has 0 spiro atoms. The van der Waals surface area contributed by atoms with Crippen molar-refractivity contribution in [2.45, 2.75) is 97.1 Å². The van der Waals surface area contributed by atoms with Crippen LogP contribution >= 0.6 is 0 Å². The zero-order valence-corrected chi connectivity index (χ0v) is 24.1. The Bertz CT molecular complexity index is 1460. The van der Waals surface area contributed by atoms with Gasteiger partial charge in [-0.15, -0.1) is 0 Å². The van der Waals surface area contributed by atoms with Crippen molar-refractivity contribution in [1.29, 1.82) is 0 Å². The van der Waals surface area contributed by atoms with E-state index in [0.29, 0.717) is 12.5 Å². The molecule has 1 amide bonds. The Balaban J connectivity index is 1.28. The predicted octanol–water partition coefficient (Wildman–Crippen LogP) is 7.35. The van der Waals surface area contributed by atoms with Crippen LogP contribution in [0.2, 0.25) is 0 Å². The number of carbonyl (C=O) groups excluding carboxylic acids is 1. The third kappa shape index (κ3) is 5.56. The second kappa shape index (κ2) is 12.0. The molecule has 4 aromatic rings. The fraction of sp³-hybridized carbons (Fsp3) is 0.457. The van der Waals surface area contributed by atoms with Crippen LogP contribution in [0.15, 0.2) is 54.9 Å². The van der Waals surface area contributed by atoms with Crippen LogP contribution in [0.25, 0.3) is 11.0 Å². The average Bonchev–Trinajstić information content (AvgIpc) is 3.10. The number of hydrogen-bond acceptors (Lipinski definition) is 3. The van der Waals surface area contributed by atoms with Gasteiger partial charge in [-0.1, -0.05) is 49.9 Å². The topological polar surface area (TPSA) is 59.8 Å². The van der Waals surface area contributed by atoms with Gasteiger partial charge in [-0.05, 0) is 104 Å². The van der Waals surface area contributed by atoms with Gasteiger partial charge in [0.25, 0.3) is 0 Å². The minimum absolute atomic E-state index is 0.110. The van der Waals surface area contributed by atoms with Gasteiger partial charge in [0.05, 0.1) is 5.92 Å². The standard InChI is InChI=1S/C35H42N4O/c1-24-21-25(2)38-34-32(24)30-11-7-8-12-31(30)39(34)23-27-13-15-29(16-14-27)33(28-9-5-3-4-6-10-28)35(40)37-22-26-17-19-36-20-18-26/h13-21,28,33H,3-12,22-23H2,1-2H3,(H,37,40). The summed E-state index contributed by atoms with van der Waals surface area (Å²) >= 11 is 0. The minimum Gasteiger partial charge on any atom is -0.351 e. The van der Waals surface area contributed by atoms with Gasteiger partial charge >= 0.3 is 0 Å². The molecule has 0 bridgehead atoms. The first-order valence-corrected chi connectivity index (χ1v) is 15.3. The first kappa shape index (κ1) is 26.7. The SMILES string of the molecule is Cc1cc(C)c2c3c(n(Cc4ccc(C(C(=O)NCc5ccncc5)C5CCCCCC5)cc4)c2n1)CCCC3. The number of amides is 1. The summed E-state index contributed by atoms with van der Waals surface area (Å²) in [5, 5.41) is 4.62. The summed E-state index contributed by atoms with van der Waals surface area (Å²) in [5.74, 6) is 0.430. The normalized spacial score (nSPS) is 16.9. The van der Waals surface area contributed by atoms with Gasteiger partial charge < -0.3 is 9.88 Å². The van der Waals surface area contributed by atoms with Crippen molar-refractivity contribution in [3.63, 3.8) is 0 Å². The number of hydrogen-bond donors (Lipinski definition) is 1. The van der Waals surface area contributed by atoms with Crippen molar-refractivity contribution >= 4 is 16.9 Å². The number of aryl methyl sites for hydroxylation is 3. The molecule has 1 atom stereocenters. The molecule has 1 N–H and O–H groups in total. The molecule has 1 unspecified atom stereocenters. The van der Waals surface area contributed by atoms with E-state index in [9.17, 15) is 4.79 Å². The Hall–Kier alpha value is -3.47. The average molecular weight is 535 g/mol. The van der Waals surface area contributed by atoms with Crippen LogP contribution in [0.5, 0.6) is 0 Å². The summed E-state index contributed by atoms with van der Waals surface area (Å²) in [6.07, 6.45) is 15.6. The number of aromatic nitrogens is 3. The molecule has 5 nitrogen and oxygen atoms in total. The van der Waals surface area contributed by atoms with Crippen LogP contribution in [-0.4, -0.2) is 20.4 Å². The lowest BCUT2D eigenvalue weighted by atomic mass is 9.80. The smallest absolute Gasteiger partial charge is 0.228 e. The second-order valence-corrected chi connectivity index (χ2v) is 12.0. The predicted molar refractivity (Wildman–Crippen MR) is 161 cm³/mol. The maximum Gasteiger partial charge on any atom is 0.228 e. The Labute approximate surface area is 238 Å². The van der Waals surface area contributed by atoms with Crippen LogP contribution in [0, 0.1) is 19.8 Å². The van der Waals surface area contributed by atoms with E-state index in [0.717, 1.165) is 54.7 Å². The zero-order valence-electron chi connectivity index (χ0n) is 24.1. The molecule has 0 radical (unpaired) electrons. The lowest BCUT2D eigenvalue weighted by Crippen LogP contribution is -2.33. The molecular formula is C35H42N4O. The molecule has 2 aliphatic carbocycles. The lowest BCUT2D eigenvalue weighted by molar-refractivity contribution is -0.124. The maximum atomic E-state index is 13.7. The van der Waals surface area contributed by atoms with Gasteiger partial charge in [0.1, 0.15) is 5.65 Å². The number of nitrogens with one attached hydrogen (secondary N) is 1. The highest BCUT2D eigenvalue weighted by molar-refractivity contribution is 5.86. The van der Waals surface area contributed by atoms with E-state index in [1.165, 1.54) is 66.3 Å². The van der Waals surface area contributed by atoms with Gasteiger partial charge in [-0.2, -0.15) is 0 Å². The maximum absolute atomic E-state index is 13.7. The van der Waals surface area contributed by atoms with Crippen LogP contribution < -0.4 is 5.32 Å². The third-order valence-corrected chi connectivity index (χ3v) is 9.20. The van der Waals surface area contributed by atoms with Gasteiger partial charge in [-0.25, -0.2) is 4.98 Å². The van der Waals surface area contributed by atoms with E-state index >= 15 is 0 Å². The van der Waals surface area contributed by atoms with Gasteiger partial charge in [0.15, 0.2) is 0 Å². The molecule has 6 rings (SSSR count). The molecular weight excluding hydrogens is 492 g/mol. The van der Waals surface area contributed by atoms with Crippen molar-refractivity contribution in [2.24, 2.45) is 5.92 Å². The summed E-state index contributed by atoms with van der Waals surface area (Å²) < 4.78 is 2.48. The number of pyridine rings is 2. The molecule has 5 heteroatoms. The van der Waals surface area contributed by atoms with Crippen molar-refractivity contribution in [3.8, 4) is 0 Å². The van der Waals surface area contributed by atoms with E-state index < -0.39 is 0 Å². The molecule has 208 valence electrons. The fourth-order valence-corrected chi connectivity index (χ4v) is 7.23. The van der Waals surface area contributed by atoms with Crippen LogP contribution in [0.4, 0.5) is 0 Å². The van der Waals surface area contributed by atoms with E-state index in [2.05, 4.69) is 59.0 Å². The number of nitrogens with zero attached hydrogens (tertiary/aromatic N) is 3. The second-order valence-electron chi connectivity index (χ2n) is 12.0. The molecule has 1 aromatic carbocycles. The zero-order chi connectivity index (χ0) is 27.5. The number of carbonyl (C=O) groups is 1. The lowest BCUT2D eigenvalue weighted by Gasteiger charge is -2.26. The van der Waals surface area contributed by atoms with E-state index in [4.69, 9.17) is 4.98 Å². The molecule has 0 saturated heterocycles. The number of fused-ring (bicyclic) bond motifs is 3. The largest absolute Gasteiger partial charge is 0.351 e. The quantitative estimate of drug-likeness (QED) is 0.252.